The first kappa shape index (κ1) is 25.0. The van der Waals surface area contributed by atoms with Crippen LogP contribution in [0.1, 0.15) is 87.0 Å². The molecule has 1 saturated carbocycles. The second kappa shape index (κ2) is 12.1. The lowest BCUT2D eigenvalue weighted by molar-refractivity contribution is -0.149. The highest BCUT2D eigenvalue weighted by atomic mass is 16.5. The molecule has 1 heterocycles. The number of rotatable bonds is 7. The maximum atomic E-state index is 12.8. The van der Waals surface area contributed by atoms with Crippen molar-refractivity contribution in [1.29, 1.82) is 0 Å². The number of esters is 1. The number of benzene rings is 2. The van der Waals surface area contributed by atoms with Gasteiger partial charge in [-0.15, -0.1) is 0 Å². The molecular weight excluding hydrogens is 442 g/mol. The van der Waals surface area contributed by atoms with Crippen LogP contribution in [0.3, 0.4) is 0 Å². The maximum absolute atomic E-state index is 12.8. The quantitative estimate of drug-likeness (QED) is 0.324. The van der Waals surface area contributed by atoms with Crippen LogP contribution < -0.4 is 0 Å². The van der Waals surface area contributed by atoms with Gasteiger partial charge in [-0.3, -0.25) is 4.79 Å². The van der Waals surface area contributed by atoms with Gasteiger partial charge >= 0.3 is 5.97 Å². The minimum absolute atomic E-state index is 0.00427. The largest absolute Gasteiger partial charge is 0.466 e. The summed E-state index contributed by atoms with van der Waals surface area (Å²) in [5, 5.41) is 0. The minimum atomic E-state index is 0.00427. The fourth-order valence-corrected chi connectivity index (χ4v) is 6.47. The summed E-state index contributed by atoms with van der Waals surface area (Å²) < 4.78 is 5.51. The van der Waals surface area contributed by atoms with Gasteiger partial charge in [-0.2, -0.15) is 0 Å². The van der Waals surface area contributed by atoms with Crippen molar-refractivity contribution in [2.24, 2.45) is 11.8 Å². The fraction of sp³-hybridized carbons (Fsp3) is 0.485. The van der Waals surface area contributed by atoms with E-state index in [1.165, 1.54) is 66.4 Å². The highest BCUT2D eigenvalue weighted by molar-refractivity contribution is 5.94. The van der Waals surface area contributed by atoms with Crippen molar-refractivity contribution in [1.82, 2.24) is 4.90 Å². The fourth-order valence-electron chi connectivity index (χ4n) is 6.47. The van der Waals surface area contributed by atoms with Gasteiger partial charge in [-0.25, -0.2) is 0 Å². The Morgan fingerprint density at radius 1 is 0.917 bits per heavy atom. The van der Waals surface area contributed by atoms with Gasteiger partial charge in [0.05, 0.1) is 12.5 Å². The normalized spacial score (nSPS) is 19.4. The van der Waals surface area contributed by atoms with Gasteiger partial charge in [-0.1, -0.05) is 98.4 Å². The summed E-state index contributed by atoms with van der Waals surface area (Å²) in [6.45, 7) is 5.25. The molecule has 2 fully saturated rings. The molecule has 5 rings (SSSR count). The molecule has 1 atom stereocenters. The molecule has 0 spiro atoms. The first-order chi connectivity index (χ1) is 17.7. The van der Waals surface area contributed by atoms with Crippen LogP contribution in [-0.2, 0) is 9.53 Å². The van der Waals surface area contributed by atoms with Crippen molar-refractivity contribution in [3.63, 3.8) is 0 Å². The van der Waals surface area contributed by atoms with Gasteiger partial charge in [0.2, 0.25) is 0 Å². The Hall–Kier alpha value is -2.65. The summed E-state index contributed by atoms with van der Waals surface area (Å²) >= 11 is 0. The van der Waals surface area contributed by atoms with E-state index < -0.39 is 0 Å². The molecule has 2 aromatic carbocycles. The predicted molar refractivity (Wildman–Crippen MR) is 149 cm³/mol. The Balaban J connectivity index is 1.31. The third kappa shape index (κ3) is 5.83. The van der Waals surface area contributed by atoms with Crippen LogP contribution in [-0.4, -0.2) is 37.1 Å². The summed E-state index contributed by atoms with van der Waals surface area (Å²) in [5.74, 6) is 0.817. The molecule has 0 radical (unpaired) electrons. The van der Waals surface area contributed by atoms with E-state index in [2.05, 4.69) is 65.6 Å². The summed E-state index contributed by atoms with van der Waals surface area (Å²) in [7, 11) is 0. The number of ether oxygens (including phenoxy) is 1. The second-order valence-electron chi connectivity index (χ2n) is 10.8. The van der Waals surface area contributed by atoms with E-state index in [0.29, 0.717) is 6.61 Å². The lowest BCUT2D eigenvalue weighted by Gasteiger charge is -2.33. The first-order valence-electron chi connectivity index (χ1n) is 14.2. The van der Waals surface area contributed by atoms with Crippen LogP contribution in [0.15, 0.2) is 54.1 Å². The molecule has 0 N–H and O–H groups in total. The van der Waals surface area contributed by atoms with E-state index in [4.69, 9.17) is 4.74 Å². The van der Waals surface area contributed by atoms with Crippen molar-refractivity contribution in [3.8, 4) is 0 Å². The third-order valence-corrected chi connectivity index (χ3v) is 8.46. The molecule has 1 unspecified atom stereocenters. The number of fused-ring (bicyclic) bond motifs is 2. The van der Waals surface area contributed by atoms with E-state index in [-0.39, 0.29) is 11.9 Å². The number of piperidine rings is 1. The van der Waals surface area contributed by atoms with E-state index in [1.807, 2.05) is 6.92 Å². The van der Waals surface area contributed by atoms with Crippen LogP contribution in [0.5, 0.6) is 0 Å². The monoisotopic (exact) mass is 483 g/mol. The smallest absolute Gasteiger partial charge is 0.310 e. The zero-order valence-corrected chi connectivity index (χ0v) is 21.9. The Bertz CT molecular complexity index is 1050. The maximum Gasteiger partial charge on any atom is 0.310 e. The SMILES string of the molecule is CCOC(=O)C(CCC1CCCCC1)CN1CCC(=C2c3ccccc3C=Cc3ccccc32)CC1. The van der Waals surface area contributed by atoms with Crippen LogP contribution in [0.4, 0.5) is 0 Å². The molecule has 0 aromatic heterocycles. The van der Waals surface area contributed by atoms with Crippen LogP contribution in [0.25, 0.3) is 17.7 Å². The third-order valence-electron chi connectivity index (χ3n) is 8.46. The molecule has 2 aromatic rings. The number of hydrogen-bond donors (Lipinski definition) is 0. The molecule has 2 aliphatic carbocycles. The first-order valence-corrected chi connectivity index (χ1v) is 14.2. The predicted octanol–water partition coefficient (Wildman–Crippen LogP) is 7.61. The van der Waals surface area contributed by atoms with Gasteiger partial charge in [0, 0.05) is 19.6 Å². The molecule has 3 aliphatic rings. The van der Waals surface area contributed by atoms with Crippen molar-refractivity contribution in [2.45, 2.75) is 64.7 Å². The molecule has 1 saturated heterocycles. The van der Waals surface area contributed by atoms with Gasteiger partial charge < -0.3 is 9.64 Å². The van der Waals surface area contributed by atoms with E-state index in [1.54, 1.807) is 5.57 Å². The number of carbonyl (C=O) groups is 1. The Morgan fingerprint density at radius 2 is 1.53 bits per heavy atom. The average molecular weight is 484 g/mol. The van der Waals surface area contributed by atoms with Crippen LogP contribution in [0.2, 0.25) is 0 Å². The highest BCUT2D eigenvalue weighted by Crippen LogP contribution is 2.39. The Labute approximate surface area is 217 Å². The van der Waals surface area contributed by atoms with Crippen molar-refractivity contribution in [3.05, 3.63) is 76.4 Å². The van der Waals surface area contributed by atoms with Crippen molar-refractivity contribution >= 4 is 23.7 Å². The molecule has 0 bridgehead atoms. The van der Waals surface area contributed by atoms with E-state index in [9.17, 15) is 4.79 Å². The number of carbonyl (C=O) groups excluding carboxylic acids is 1. The van der Waals surface area contributed by atoms with Crippen LogP contribution in [0, 0.1) is 11.8 Å². The van der Waals surface area contributed by atoms with Crippen LogP contribution >= 0.6 is 0 Å². The van der Waals surface area contributed by atoms with Crippen molar-refractivity contribution in [2.75, 3.05) is 26.2 Å². The topological polar surface area (TPSA) is 29.5 Å². The van der Waals surface area contributed by atoms with E-state index in [0.717, 1.165) is 44.8 Å². The summed E-state index contributed by atoms with van der Waals surface area (Å²) in [5.41, 5.74) is 8.25. The summed E-state index contributed by atoms with van der Waals surface area (Å²) in [4.78, 5) is 15.4. The molecule has 1 aliphatic heterocycles. The molecular formula is C33H41NO2. The Kier molecular flexibility index (Phi) is 8.38. The average Bonchev–Trinajstić information content (AvgIpc) is 3.09. The van der Waals surface area contributed by atoms with Gasteiger partial charge in [0.25, 0.3) is 0 Å². The minimum Gasteiger partial charge on any atom is -0.466 e. The van der Waals surface area contributed by atoms with Gasteiger partial charge in [0.1, 0.15) is 0 Å². The number of hydrogen-bond acceptors (Lipinski definition) is 3. The lowest BCUT2D eigenvalue weighted by Crippen LogP contribution is -2.38. The molecule has 3 heteroatoms. The van der Waals surface area contributed by atoms with Gasteiger partial charge in [0.15, 0.2) is 0 Å². The number of likely N-dealkylation sites (tertiary alicyclic amines) is 1. The molecule has 3 nitrogen and oxygen atoms in total. The van der Waals surface area contributed by atoms with Crippen molar-refractivity contribution < 1.29 is 9.53 Å². The molecule has 190 valence electrons. The Morgan fingerprint density at radius 3 is 2.14 bits per heavy atom. The van der Waals surface area contributed by atoms with Gasteiger partial charge in [-0.05, 0) is 66.4 Å². The number of nitrogens with zero attached hydrogens (tertiary/aromatic N) is 1. The zero-order valence-electron chi connectivity index (χ0n) is 21.9. The summed E-state index contributed by atoms with van der Waals surface area (Å²) in [6.07, 6.45) is 15.6. The lowest BCUT2D eigenvalue weighted by atomic mass is 9.83. The molecule has 0 amide bonds. The highest BCUT2D eigenvalue weighted by Gasteiger charge is 2.28. The summed E-state index contributed by atoms with van der Waals surface area (Å²) in [6, 6.07) is 17.6. The zero-order chi connectivity index (χ0) is 24.7. The molecule has 36 heavy (non-hydrogen) atoms. The van der Waals surface area contributed by atoms with E-state index >= 15 is 0 Å². The standard InChI is InChI=1S/C33H41NO2/c1-2-36-33(35)29(17-16-25-10-4-3-5-11-25)24-34-22-20-28(21-23-34)32-30-14-8-6-12-26(30)18-19-27-13-7-9-15-31(27)32/h6-9,12-15,18-19,25,29H,2-5,10-11,16-17,20-24H2,1H3. The second-order valence-corrected chi connectivity index (χ2v) is 10.8.